The molecule has 0 aliphatic rings. The number of thioether (sulfide) groups is 1. The van der Waals surface area contributed by atoms with Crippen molar-refractivity contribution < 1.29 is 9.53 Å². The molecule has 0 heterocycles. The first-order chi connectivity index (χ1) is 9.74. The zero-order valence-electron chi connectivity index (χ0n) is 12.5. The third-order valence-electron chi connectivity index (χ3n) is 2.88. The van der Waals surface area contributed by atoms with Crippen molar-refractivity contribution in [3.63, 3.8) is 0 Å². The molecule has 0 aromatic heterocycles. The molecule has 0 aliphatic carbocycles. The highest BCUT2D eigenvalue weighted by molar-refractivity contribution is 8.00. The van der Waals surface area contributed by atoms with Crippen LogP contribution in [0.25, 0.3) is 0 Å². The van der Waals surface area contributed by atoms with Crippen molar-refractivity contribution >= 4 is 17.7 Å². The van der Waals surface area contributed by atoms with Gasteiger partial charge in [0.2, 0.25) is 5.91 Å². The molecule has 0 bridgehead atoms. The van der Waals surface area contributed by atoms with Crippen LogP contribution < -0.4 is 5.32 Å². The van der Waals surface area contributed by atoms with Crippen molar-refractivity contribution in [3.8, 4) is 0 Å². The normalized spacial score (nSPS) is 10.5. The van der Waals surface area contributed by atoms with E-state index in [9.17, 15) is 4.79 Å². The number of hydrogen-bond acceptors (Lipinski definition) is 3. The highest BCUT2D eigenvalue weighted by atomic mass is 32.2. The summed E-state index contributed by atoms with van der Waals surface area (Å²) in [6, 6.07) is 8.13. The Labute approximate surface area is 126 Å². The quantitative estimate of drug-likeness (QED) is 0.531. The number of carbonyl (C=O) groups is 1. The van der Waals surface area contributed by atoms with Gasteiger partial charge in [-0.25, -0.2) is 0 Å². The number of nitrogens with one attached hydrogen (secondary N) is 1. The summed E-state index contributed by atoms with van der Waals surface area (Å²) in [4.78, 5) is 12.9. The van der Waals surface area contributed by atoms with Gasteiger partial charge >= 0.3 is 0 Å². The van der Waals surface area contributed by atoms with Crippen LogP contribution in [0.4, 0.5) is 0 Å². The number of rotatable bonds is 10. The van der Waals surface area contributed by atoms with Crippen LogP contribution >= 0.6 is 11.8 Å². The zero-order chi connectivity index (χ0) is 14.6. The van der Waals surface area contributed by atoms with Crippen LogP contribution in [0.5, 0.6) is 0 Å². The van der Waals surface area contributed by atoms with Crippen molar-refractivity contribution in [1.82, 2.24) is 5.32 Å². The molecule has 112 valence electrons. The smallest absolute Gasteiger partial charge is 0.230 e. The summed E-state index contributed by atoms with van der Waals surface area (Å²) in [5.41, 5.74) is 1.22. The minimum absolute atomic E-state index is 0.0896. The molecular weight excluding hydrogens is 270 g/mol. The van der Waals surface area contributed by atoms with Crippen LogP contribution in [-0.4, -0.2) is 31.4 Å². The van der Waals surface area contributed by atoms with Crippen molar-refractivity contribution in [1.29, 1.82) is 0 Å². The Balaban J connectivity index is 2.05. The van der Waals surface area contributed by atoms with E-state index in [1.165, 1.54) is 10.5 Å². The molecule has 0 atom stereocenters. The van der Waals surface area contributed by atoms with E-state index >= 15 is 0 Å². The van der Waals surface area contributed by atoms with Gasteiger partial charge in [0.1, 0.15) is 0 Å². The summed E-state index contributed by atoms with van der Waals surface area (Å²) >= 11 is 1.59. The Bertz CT molecular complexity index is 396. The summed E-state index contributed by atoms with van der Waals surface area (Å²) < 4.78 is 5.44. The Hall–Kier alpha value is -1.00. The van der Waals surface area contributed by atoms with Gasteiger partial charge in [-0.15, -0.1) is 11.8 Å². The Morgan fingerprint density at radius 2 is 2.00 bits per heavy atom. The fourth-order valence-electron chi connectivity index (χ4n) is 1.66. The number of unbranched alkanes of at least 4 members (excludes halogenated alkanes) is 1. The number of aryl methyl sites for hydroxylation is 1. The van der Waals surface area contributed by atoms with Crippen LogP contribution in [0, 0.1) is 6.92 Å². The molecule has 0 fully saturated rings. The van der Waals surface area contributed by atoms with Gasteiger partial charge in [-0.1, -0.05) is 31.5 Å². The average Bonchev–Trinajstić information content (AvgIpc) is 2.45. The maximum absolute atomic E-state index is 11.7. The number of amides is 1. The molecule has 0 saturated carbocycles. The second-order valence-corrected chi connectivity index (χ2v) is 5.74. The van der Waals surface area contributed by atoms with Crippen LogP contribution in [-0.2, 0) is 9.53 Å². The van der Waals surface area contributed by atoms with Gasteiger partial charge in [0.15, 0.2) is 0 Å². The molecule has 1 amide bonds. The maximum atomic E-state index is 11.7. The predicted molar refractivity (Wildman–Crippen MR) is 85.3 cm³/mol. The standard InChI is InChI=1S/C16H25NO2S/c1-3-4-11-19-12-7-10-17-16(18)13-20-15-9-6-5-8-14(15)2/h5-6,8-9H,3-4,7,10-13H2,1-2H3,(H,17,18). The van der Waals surface area contributed by atoms with Gasteiger partial charge in [0.05, 0.1) is 5.75 Å². The SMILES string of the molecule is CCCCOCCCNC(=O)CSc1ccccc1C. The lowest BCUT2D eigenvalue weighted by molar-refractivity contribution is -0.118. The molecule has 0 saturated heterocycles. The second-order valence-electron chi connectivity index (χ2n) is 4.72. The number of carbonyl (C=O) groups excluding carboxylic acids is 1. The summed E-state index contributed by atoms with van der Waals surface area (Å²) in [6.45, 7) is 6.46. The van der Waals surface area contributed by atoms with Crippen molar-refractivity contribution in [2.45, 2.75) is 38.0 Å². The molecule has 1 aromatic carbocycles. The van der Waals surface area contributed by atoms with Crippen LogP contribution in [0.15, 0.2) is 29.2 Å². The lowest BCUT2D eigenvalue weighted by atomic mass is 10.2. The summed E-state index contributed by atoms with van der Waals surface area (Å²) in [5, 5.41) is 2.92. The van der Waals surface area contributed by atoms with E-state index in [0.717, 1.165) is 32.5 Å². The molecule has 1 rings (SSSR count). The van der Waals surface area contributed by atoms with Crippen molar-refractivity contribution in [2.24, 2.45) is 0 Å². The first-order valence-electron chi connectivity index (χ1n) is 7.27. The Morgan fingerprint density at radius 1 is 1.25 bits per heavy atom. The molecule has 3 nitrogen and oxygen atoms in total. The number of hydrogen-bond donors (Lipinski definition) is 1. The van der Waals surface area contributed by atoms with Crippen LogP contribution in [0.3, 0.4) is 0 Å². The fraction of sp³-hybridized carbons (Fsp3) is 0.562. The zero-order valence-corrected chi connectivity index (χ0v) is 13.3. The van der Waals surface area contributed by atoms with Crippen molar-refractivity contribution in [2.75, 3.05) is 25.5 Å². The third kappa shape index (κ3) is 7.56. The lowest BCUT2D eigenvalue weighted by Gasteiger charge is -2.07. The monoisotopic (exact) mass is 295 g/mol. The Kier molecular flexibility index (Phi) is 9.16. The molecule has 0 unspecified atom stereocenters. The van der Waals surface area contributed by atoms with E-state index in [2.05, 4.69) is 31.3 Å². The topological polar surface area (TPSA) is 38.3 Å². The summed E-state index contributed by atoms with van der Waals surface area (Å²) in [5.74, 6) is 0.563. The highest BCUT2D eigenvalue weighted by Crippen LogP contribution is 2.21. The molecule has 0 radical (unpaired) electrons. The van der Waals surface area contributed by atoms with Gasteiger partial charge in [0, 0.05) is 24.7 Å². The van der Waals surface area contributed by atoms with Crippen molar-refractivity contribution in [3.05, 3.63) is 29.8 Å². The number of benzene rings is 1. The van der Waals surface area contributed by atoms with Gasteiger partial charge in [0.25, 0.3) is 0 Å². The molecule has 1 N–H and O–H groups in total. The molecule has 20 heavy (non-hydrogen) atoms. The average molecular weight is 295 g/mol. The first-order valence-corrected chi connectivity index (χ1v) is 8.25. The van der Waals surface area contributed by atoms with E-state index in [4.69, 9.17) is 4.74 Å². The van der Waals surface area contributed by atoms with Gasteiger partial charge in [-0.05, 0) is 31.4 Å². The molecule has 0 aliphatic heterocycles. The lowest BCUT2D eigenvalue weighted by Crippen LogP contribution is -2.26. The predicted octanol–water partition coefficient (Wildman–Crippen LogP) is 3.41. The van der Waals surface area contributed by atoms with Gasteiger partial charge in [-0.2, -0.15) is 0 Å². The van der Waals surface area contributed by atoms with Gasteiger partial charge < -0.3 is 10.1 Å². The fourth-order valence-corrected chi connectivity index (χ4v) is 2.52. The van der Waals surface area contributed by atoms with E-state index in [-0.39, 0.29) is 5.91 Å². The minimum atomic E-state index is 0.0896. The number of ether oxygens (including phenoxy) is 1. The minimum Gasteiger partial charge on any atom is -0.381 e. The third-order valence-corrected chi connectivity index (χ3v) is 4.06. The van der Waals surface area contributed by atoms with Crippen LogP contribution in [0.1, 0.15) is 31.7 Å². The summed E-state index contributed by atoms with van der Waals surface area (Å²) in [6.07, 6.45) is 3.15. The van der Waals surface area contributed by atoms with E-state index in [1.54, 1.807) is 11.8 Å². The first kappa shape index (κ1) is 17.1. The molecule has 1 aromatic rings. The largest absolute Gasteiger partial charge is 0.381 e. The Morgan fingerprint density at radius 3 is 2.75 bits per heavy atom. The van der Waals surface area contributed by atoms with E-state index in [0.29, 0.717) is 12.3 Å². The van der Waals surface area contributed by atoms with Gasteiger partial charge in [-0.3, -0.25) is 4.79 Å². The molecular formula is C16H25NO2S. The maximum Gasteiger partial charge on any atom is 0.230 e. The molecule has 4 heteroatoms. The van der Waals surface area contributed by atoms with Crippen LogP contribution in [0.2, 0.25) is 0 Å². The summed E-state index contributed by atoms with van der Waals surface area (Å²) in [7, 11) is 0. The highest BCUT2D eigenvalue weighted by Gasteiger charge is 2.03. The molecule has 0 spiro atoms. The second kappa shape index (κ2) is 10.7. The van der Waals surface area contributed by atoms with E-state index < -0.39 is 0 Å². The van der Waals surface area contributed by atoms with E-state index in [1.807, 2.05) is 12.1 Å².